The quantitative estimate of drug-likeness (QED) is 0.143. The zero-order valence-corrected chi connectivity index (χ0v) is 15.6. The third-order valence-electron chi connectivity index (χ3n) is 3.31. The molecule has 138 valence electrons. The molecule has 0 atom stereocenters. The summed E-state index contributed by atoms with van der Waals surface area (Å²) in [6, 6.07) is 0. The van der Waals surface area contributed by atoms with Crippen LogP contribution in [0, 0.1) is 10.1 Å². The number of allylic oxidation sites excluding steroid dienone is 12. The molecule has 0 aliphatic rings. The first-order valence-electron chi connectivity index (χ1n) is 9.29. The highest BCUT2D eigenvalue weighted by atomic mass is 16.6. The van der Waals surface area contributed by atoms with Crippen molar-refractivity contribution in [2.75, 3.05) is 6.54 Å². The van der Waals surface area contributed by atoms with E-state index in [0.717, 1.165) is 44.9 Å². The van der Waals surface area contributed by atoms with Gasteiger partial charge in [0.25, 0.3) is 0 Å². The van der Waals surface area contributed by atoms with Gasteiger partial charge in [0.2, 0.25) is 6.54 Å². The van der Waals surface area contributed by atoms with Gasteiger partial charge < -0.3 is 0 Å². The van der Waals surface area contributed by atoms with Crippen LogP contribution in [0.2, 0.25) is 0 Å². The van der Waals surface area contributed by atoms with Crippen LogP contribution >= 0.6 is 0 Å². The third kappa shape index (κ3) is 21.8. The van der Waals surface area contributed by atoms with Crippen molar-refractivity contribution in [3.8, 4) is 0 Å². The molecule has 0 aromatic heterocycles. The standard InChI is InChI=1S/C22H33NO2/c1-2-3-4-5-6-7-8-9-10-11-12-13-14-15-16-17-18-19-20-21-22-23(24)25/h3-4,6-7,9-10,12-13,15-16,18-19H,2,5,8,11,14,17,20-22H2,1H3/b4-3-,7-6-,10-9-,13-12-,16-15-,19-18-. The van der Waals surface area contributed by atoms with Crippen molar-refractivity contribution in [1.82, 2.24) is 0 Å². The molecule has 25 heavy (non-hydrogen) atoms. The normalized spacial score (nSPS) is 13.0. The minimum absolute atomic E-state index is 0.0615. The molecule has 0 aromatic carbocycles. The molecule has 0 aliphatic heterocycles. The van der Waals surface area contributed by atoms with Gasteiger partial charge >= 0.3 is 0 Å². The van der Waals surface area contributed by atoms with E-state index in [1.54, 1.807) is 0 Å². The highest BCUT2D eigenvalue weighted by Crippen LogP contribution is 1.97. The third-order valence-corrected chi connectivity index (χ3v) is 3.31. The number of nitrogens with zero attached hydrogens (tertiary/aromatic N) is 1. The Morgan fingerprint density at radius 3 is 1.36 bits per heavy atom. The molecule has 0 aromatic rings. The molecule has 0 rings (SSSR count). The summed E-state index contributed by atoms with van der Waals surface area (Å²) >= 11 is 0. The monoisotopic (exact) mass is 343 g/mol. The Labute approximate surface area is 153 Å². The lowest BCUT2D eigenvalue weighted by molar-refractivity contribution is -0.480. The zero-order chi connectivity index (χ0) is 18.4. The van der Waals surface area contributed by atoms with E-state index in [2.05, 4.69) is 73.8 Å². The lowest BCUT2D eigenvalue weighted by Gasteiger charge is -1.89. The summed E-state index contributed by atoms with van der Waals surface area (Å²) in [6.45, 7) is 2.21. The Hall–Kier alpha value is -2.16. The van der Waals surface area contributed by atoms with Gasteiger partial charge in [-0.1, -0.05) is 79.8 Å². The van der Waals surface area contributed by atoms with E-state index < -0.39 is 0 Å². The van der Waals surface area contributed by atoms with Gasteiger partial charge in [0, 0.05) is 11.3 Å². The second-order valence-electron chi connectivity index (χ2n) is 5.61. The summed E-state index contributed by atoms with van der Waals surface area (Å²) in [6.07, 6.45) is 33.3. The Morgan fingerprint density at radius 1 is 0.640 bits per heavy atom. The van der Waals surface area contributed by atoms with Gasteiger partial charge in [-0.05, 0) is 44.9 Å². The Bertz CT molecular complexity index is 482. The minimum atomic E-state index is -0.266. The van der Waals surface area contributed by atoms with Crippen LogP contribution in [-0.2, 0) is 0 Å². The lowest BCUT2D eigenvalue weighted by Crippen LogP contribution is -1.98. The van der Waals surface area contributed by atoms with E-state index >= 15 is 0 Å². The summed E-state index contributed by atoms with van der Waals surface area (Å²) in [5.41, 5.74) is 0. The Balaban J connectivity index is 3.50. The second-order valence-corrected chi connectivity index (χ2v) is 5.61. The number of unbranched alkanes of at least 4 members (excludes halogenated alkanes) is 1. The van der Waals surface area contributed by atoms with E-state index in [4.69, 9.17) is 0 Å². The maximum Gasteiger partial charge on any atom is 0.204 e. The van der Waals surface area contributed by atoms with Crippen LogP contribution in [0.1, 0.15) is 58.3 Å². The predicted molar refractivity (Wildman–Crippen MR) is 109 cm³/mol. The molecule has 0 fully saturated rings. The van der Waals surface area contributed by atoms with Crippen molar-refractivity contribution in [3.05, 3.63) is 83.0 Å². The van der Waals surface area contributed by atoms with Gasteiger partial charge in [0.05, 0.1) is 0 Å². The van der Waals surface area contributed by atoms with Crippen molar-refractivity contribution >= 4 is 0 Å². The highest BCUT2D eigenvalue weighted by molar-refractivity contribution is 5.01. The lowest BCUT2D eigenvalue weighted by atomic mass is 10.2. The van der Waals surface area contributed by atoms with Crippen LogP contribution < -0.4 is 0 Å². The summed E-state index contributed by atoms with van der Waals surface area (Å²) in [7, 11) is 0. The SMILES string of the molecule is CC/C=C\C/C=C\C/C=C\C/C=C\C/C=C\C/C=C\CCC[N+](=O)[O-]. The van der Waals surface area contributed by atoms with E-state index in [-0.39, 0.29) is 11.5 Å². The molecule has 0 amide bonds. The smallest absolute Gasteiger partial charge is 0.204 e. The second kappa shape index (κ2) is 19.9. The number of nitro groups is 1. The van der Waals surface area contributed by atoms with Crippen molar-refractivity contribution in [2.24, 2.45) is 0 Å². The van der Waals surface area contributed by atoms with Crippen molar-refractivity contribution < 1.29 is 4.92 Å². The average Bonchev–Trinajstić information content (AvgIpc) is 2.60. The molecule has 3 heteroatoms. The van der Waals surface area contributed by atoms with E-state index in [1.165, 1.54) is 0 Å². The molecule has 0 saturated heterocycles. The molecule has 0 radical (unpaired) electrons. The summed E-state index contributed by atoms with van der Waals surface area (Å²) in [5, 5.41) is 10.1. The van der Waals surface area contributed by atoms with Crippen LogP contribution in [-0.4, -0.2) is 11.5 Å². The van der Waals surface area contributed by atoms with Crippen molar-refractivity contribution in [2.45, 2.75) is 58.3 Å². The van der Waals surface area contributed by atoms with E-state index in [9.17, 15) is 10.1 Å². The first-order valence-corrected chi connectivity index (χ1v) is 9.29. The maximum absolute atomic E-state index is 10.1. The molecular formula is C22H33NO2. The maximum atomic E-state index is 10.1. The van der Waals surface area contributed by atoms with Crippen molar-refractivity contribution in [3.63, 3.8) is 0 Å². The van der Waals surface area contributed by atoms with Gasteiger partial charge in [0.15, 0.2) is 0 Å². The van der Waals surface area contributed by atoms with Crippen LogP contribution in [0.5, 0.6) is 0 Å². The summed E-state index contributed by atoms with van der Waals surface area (Å²) in [4.78, 5) is 9.88. The van der Waals surface area contributed by atoms with E-state index in [0.29, 0.717) is 6.42 Å². The Morgan fingerprint density at radius 2 is 1.00 bits per heavy atom. The van der Waals surface area contributed by atoms with Gasteiger partial charge in [0.1, 0.15) is 0 Å². The first-order chi connectivity index (χ1) is 12.3. The number of hydrogen-bond acceptors (Lipinski definition) is 2. The van der Waals surface area contributed by atoms with Gasteiger partial charge in [-0.3, -0.25) is 10.1 Å². The molecule has 0 bridgehead atoms. The fourth-order valence-corrected chi connectivity index (χ4v) is 1.98. The fraction of sp³-hybridized carbons (Fsp3) is 0.455. The summed E-state index contributed by atoms with van der Waals surface area (Å²) in [5.74, 6) is 0. The molecular weight excluding hydrogens is 310 g/mol. The van der Waals surface area contributed by atoms with Crippen LogP contribution in [0.3, 0.4) is 0 Å². The molecule has 0 saturated carbocycles. The van der Waals surface area contributed by atoms with Crippen molar-refractivity contribution in [1.29, 1.82) is 0 Å². The topological polar surface area (TPSA) is 43.1 Å². The number of rotatable bonds is 15. The van der Waals surface area contributed by atoms with Crippen LogP contribution in [0.4, 0.5) is 0 Å². The van der Waals surface area contributed by atoms with Gasteiger partial charge in [-0.15, -0.1) is 0 Å². The van der Waals surface area contributed by atoms with Crippen LogP contribution in [0.25, 0.3) is 0 Å². The minimum Gasteiger partial charge on any atom is -0.265 e. The average molecular weight is 344 g/mol. The first kappa shape index (κ1) is 22.8. The summed E-state index contributed by atoms with van der Waals surface area (Å²) < 4.78 is 0. The van der Waals surface area contributed by atoms with Crippen LogP contribution in [0.15, 0.2) is 72.9 Å². The highest BCUT2D eigenvalue weighted by Gasteiger charge is 1.92. The Kier molecular flexibility index (Phi) is 18.2. The van der Waals surface area contributed by atoms with E-state index in [1.807, 2.05) is 6.08 Å². The molecule has 0 heterocycles. The largest absolute Gasteiger partial charge is 0.265 e. The fourth-order valence-electron chi connectivity index (χ4n) is 1.98. The van der Waals surface area contributed by atoms with Gasteiger partial charge in [-0.25, -0.2) is 0 Å². The predicted octanol–water partition coefficient (Wildman–Crippen LogP) is 6.74. The van der Waals surface area contributed by atoms with Gasteiger partial charge in [-0.2, -0.15) is 0 Å². The zero-order valence-electron chi connectivity index (χ0n) is 15.6. The molecule has 3 nitrogen and oxygen atoms in total. The number of hydrogen-bond donors (Lipinski definition) is 0. The molecule has 0 N–H and O–H groups in total. The molecule has 0 spiro atoms. The molecule has 0 aliphatic carbocycles. The molecule has 0 unspecified atom stereocenters.